The minimum Gasteiger partial charge on any atom is -0.271 e. The molecule has 0 saturated carbocycles. The predicted octanol–water partition coefficient (Wildman–Crippen LogP) is 2.35. The number of rotatable bonds is 4. The summed E-state index contributed by atoms with van der Waals surface area (Å²) in [6.45, 7) is 4.31. The van der Waals surface area contributed by atoms with Crippen LogP contribution in [0.25, 0.3) is 17.2 Å². The van der Waals surface area contributed by atoms with E-state index < -0.39 is 0 Å². The number of nitrogens with two attached hydrogens (primary N) is 1. The number of hydrogen-bond acceptors (Lipinski definition) is 3. The molecule has 0 aliphatic rings. The van der Waals surface area contributed by atoms with Gasteiger partial charge < -0.3 is 0 Å². The normalized spacial score (nSPS) is 10.2. The van der Waals surface area contributed by atoms with Crippen molar-refractivity contribution in [1.82, 2.24) is 10.4 Å². The van der Waals surface area contributed by atoms with Gasteiger partial charge in [0.2, 0.25) is 0 Å². The molecule has 2 aromatic rings. The van der Waals surface area contributed by atoms with Gasteiger partial charge in [-0.3, -0.25) is 16.3 Å². The second kappa shape index (κ2) is 5.39. The Morgan fingerprint density at radius 1 is 1.12 bits per heavy atom. The molecule has 2 rings (SSSR count). The highest BCUT2D eigenvalue weighted by Gasteiger charge is 1.98. The molecule has 0 bridgehead atoms. The van der Waals surface area contributed by atoms with Crippen LogP contribution in [0.3, 0.4) is 0 Å². The van der Waals surface area contributed by atoms with Crippen LogP contribution < -0.4 is 11.3 Å². The first-order chi connectivity index (χ1) is 8.33. The summed E-state index contributed by atoms with van der Waals surface area (Å²) in [7, 11) is 0. The van der Waals surface area contributed by atoms with Gasteiger partial charge in [-0.25, -0.2) is 0 Å². The molecule has 0 spiro atoms. The Kier molecular flexibility index (Phi) is 3.65. The highest BCUT2D eigenvalue weighted by atomic mass is 15.2. The lowest BCUT2D eigenvalue weighted by Crippen LogP contribution is -2.21. The zero-order chi connectivity index (χ0) is 12.1. The standard InChI is InChI=1S/C14H15N3/c1-2-11-3-5-12(6-4-11)13-7-8-14(10-17-15)16-9-13/h2-9,17H,1,10,15H2. The van der Waals surface area contributed by atoms with E-state index in [2.05, 4.69) is 29.1 Å². The molecular formula is C14H15N3. The Bertz CT molecular complexity index is 486. The van der Waals surface area contributed by atoms with Crippen molar-refractivity contribution in [3.63, 3.8) is 0 Å². The minimum absolute atomic E-state index is 0.579. The van der Waals surface area contributed by atoms with Gasteiger partial charge in [-0.15, -0.1) is 0 Å². The van der Waals surface area contributed by atoms with E-state index in [1.807, 2.05) is 36.5 Å². The summed E-state index contributed by atoms with van der Waals surface area (Å²) in [6.07, 6.45) is 3.69. The van der Waals surface area contributed by atoms with Crippen molar-refractivity contribution in [3.05, 3.63) is 60.4 Å². The van der Waals surface area contributed by atoms with Gasteiger partial charge in [0.25, 0.3) is 0 Å². The van der Waals surface area contributed by atoms with Gasteiger partial charge >= 0.3 is 0 Å². The highest BCUT2D eigenvalue weighted by Crippen LogP contribution is 2.19. The zero-order valence-corrected chi connectivity index (χ0v) is 9.56. The molecule has 1 heterocycles. The number of hydrazine groups is 1. The fraction of sp³-hybridized carbons (Fsp3) is 0.0714. The van der Waals surface area contributed by atoms with Crippen LogP contribution in [0.15, 0.2) is 49.2 Å². The van der Waals surface area contributed by atoms with E-state index in [0.717, 1.165) is 22.4 Å². The first-order valence-electron chi connectivity index (χ1n) is 5.45. The second-order valence-corrected chi connectivity index (χ2v) is 3.75. The molecule has 1 aromatic carbocycles. The monoisotopic (exact) mass is 225 g/mol. The molecule has 0 unspecified atom stereocenters. The Morgan fingerprint density at radius 2 is 1.82 bits per heavy atom. The number of nitrogens with one attached hydrogen (secondary N) is 1. The molecule has 3 heteroatoms. The van der Waals surface area contributed by atoms with Crippen molar-refractivity contribution in [2.45, 2.75) is 6.54 Å². The number of aromatic nitrogens is 1. The molecule has 0 radical (unpaired) electrons. The van der Waals surface area contributed by atoms with Crippen LogP contribution in [0.5, 0.6) is 0 Å². The fourth-order valence-corrected chi connectivity index (χ4v) is 1.62. The predicted molar refractivity (Wildman–Crippen MR) is 70.8 cm³/mol. The average Bonchev–Trinajstić information content (AvgIpc) is 2.40. The zero-order valence-electron chi connectivity index (χ0n) is 9.56. The van der Waals surface area contributed by atoms with E-state index in [1.165, 1.54) is 0 Å². The van der Waals surface area contributed by atoms with Crippen LogP contribution in [0, 0.1) is 0 Å². The molecule has 0 saturated heterocycles. The third-order valence-corrected chi connectivity index (χ3v) is 2.59. The topological polar surface area (TPSA) is 50.9 Å². The number of nitrogens with zero attached hydrogens (tertiary/aromatic N) is 1. The minimum atomic E-state index is 0.579. The van der Waals surface area contributed by atoms with Gasteiger partial charge in [0.05, 0.1) is 12.2 Å². The van der Waals surface area contributed by atoms with Crippen molar-refractivity contribution in [2.24, 2.45) is 5.84 Å². The van der Waals surface area contributed by atoms with Crippen LogP contribution in [0.1, 0.15) is 11.3 Å². The molecule has 0 fully saturated rings. The number of benzene rings is 1. The van der Waals surface area contributed by atoms with E-state index in [-0.39, 0.29) is 0 Å². The summed E-state index contributed by atoms with van der Waals surface area (Å²) < 4.78 is 0. The third kappa shape index (κ3) is 2.78. The summed E-state index contributed by atoms with van der Waals surface area (Å²) in [5, 5.41) is 0. The van der Waals surface area contributed by atoms with Gasteiger partial charge in [-0.2, -0.15) is 0 Å². The molecule has 0 aliphatic carbocycles. The Morgan fingerprint density at radius 3 is 2.35 bits per heavy atom. The van der Waals surface area contributed by atoms with E-state index in [0.29, 0.717) is 6.54 Å². The maximum absolute atomic E-state index is 5.24. The van der Waals surface area contributed by atoms with Crippen molar-refractivity contribution >= 4 is 6.08 Å². The van der Waals surface area contributed by atoms with E-state index in [9.17, 15) is 0 Å². The molecule has 1 aromatic heterocycles. The molecule has 3 nitrogen and oxygen atoms in total. The first-order valence-corrected chi connectivity index (χ1v) is 5.45. The third-order valence-electron chi connectivity index (χ3n) is 2.59. The fourth-order valence-electron chi connectivity index (χ4n) is 1.62. The highest BCUT2D eigenvalue weighted by molar-refractivity contribution is 5.64. The van der Waals surface area contributed by atoms with Crippen LogP contribution in [0.2, 0.25) is 0 Å². The van der Waals surface area contributed by atoms with Crippen LogP contribution in [-0.4, -0.2) is 4.98 Å². The van der Waals surface area contributed by atoms with Crippen LogP contribution in [0.4, 0.5) is 0 Å². The number of hydrogen-bond donors (Lipinski definition) is 2. The maximum Gasteiger partial charge on any atom is 0.0556 e. The van der Waals surface area contributed by atoms with E-state index in [1.54, 1.807) is 0 Å². The van der Waals surface area contributed by atoms with Gasteiger partial charge in [0.1, 0.15) is 0 Å². The van der Waals surface area contributed by atoms with E-state index >= 15 is 0 Å². The number of pyridine rings is 1. The second-order valence-electron chi connectivity index (χ2n) is 3.75. The maximum atomic E-state index is 5.24. The Labute approximate surface area is 101 Å². The van der Waals surface area contributed by atoms with E-state index in [4.69, 9.17) is 5.84 Å². The quantitative estimate of drug-likeness (QED) is 0.620. The molecule has 86 valence electrons. The molecule has 0 amide bonds. The lowest BCUT2D eigenvalue weighted by molar-refractivity contribution is 0.723. The average molecular weight is 225 g/mol. The lowest BCUT2D eigenvalue weighted by Gasteiger charge is -2.04. The van der Waals surface area contributed by atoms with Crippen molar-refractivity contribution in [2.75, 3.05) is 0 Å². The summed E-state index contributed by atoms with van der Waals surface area (Å²) in [5.74, 6) is 5.24. The van der Waals surface area contributed by atoms with Crippen molar-refractivity contribution < 1.29 is 0 Å². The summed E-state index contributed by atoms with van der Waals surface area (Å²) >= 11 is 0. The summed E-state index contributed by atoms with van der Waals surface area (Å²) in [5.41, 5.74) is 6.88. The van der Waals surface area contributed by atoms with Gasteiger partial charge in [0.15, 0.2) is 0 Å². The molecule has 0 atom stereocenters. The van der Waals surface area contributed by atoms with Gasteiger partial charge in [-0.05, 0) is 17.2 Å². The largest absolute Gasteiger partial charge is 0.271 e. The molecule has 0 aliphatic heterocycles. The first kappa shape index (κ1) is 11.5. The molecule has 17 heavy (non-hydrogen) atoms. The molecule has 3 N–H and O–H groups in total. The Hall–Kier alpha value is -1.97. The van der Waals surface area contributed by atoms with Crippen molar-refractivity contribution in [1.29, 1.82) is 0 Å². The Balaban J connectivity index is 2.23. The van der Waals surface area contributed by atoms with Gasteiger partial charge in [0, 0.05) is 11.8 Å². The van der Waals surface area contributed by atoms with Crippen molar-refractivity contribution in [3.8, 4) is 11.1 Å². The SMILES string of the molecule is C=Cc1ccc(-c2ccc(CNN)nc2)cc1. The summed E-state index contributed by atoms with van der Waals surface area (Å²) in [4.78, 5) is 4.32. The summed E-state index contributed by atoms with van der Waals surface area (Å²) in [6, 6.07) is 12.2. The van der Waals surface area contributed by atoms with Gasteiger partial charge in [-0.1, -0.05) is 43.0 Å². The van der Waals surface area contributed by atoms with Crippen LogP contribution in [-0.2, 0) is 6.54 Å². The smallest absolute Gasteiger partial charge is 0.0556 e. The molecular weight excluding hydrogens is 210 g/mol. The van der Waals surface area contributed by atoms with Crippen LogP contribution >= 0.6 is 0 Å². The lowest BCUT2D eigenvalue weighted by atomic mass is 10.1.